The van der Waals surface area contributed by atoms with Gasteiger partial charge in [0.15, 0.2) is 0 Å². The summed E-state index contributed by atoms with van der Waals surface area (Å²) >= 11 is 0. The number of aliphatic hydroxyl groups is 1. The van der Waals surface area contributed by atoms with Crippen LogP contribution in [-0.4, -0.2) is 17.9 Å². The normalized spacial score (nSPS) is 12.8. The second-order valence-corrected chi connectivity index (χ2v) is 1.44. The molecule has 0 spiro atoms. The average Bonchev–Trinajstić information content (AvgIpc) is 1.68. The van der Waals surface area contributed by atoms with Crippen molar-refractivity contribution in [2.45, 2.75) is 26.1 Å². The van der Waals surface area contributed by atoms with E-state index in [1.54, 1.807) is 0 Å². The Labute approximate surface area is 48.3 Å². The summed E-state index contributed by atoms with van der Waals surface area (Å²) in [6.45, 7) is 3.04. The Morgan fingerprint density at radius 1 is 1.88 bits per heavy atom. The van der Waals surface area contributed by atoms with Crippen LogP contribution in [0.5, 0.6) is 0 Å². The molecule has 3 nitrogen and oxygen atoms in total. The summed E-state index contributed by atoms with van der Waals surface area (Å²) in [5.74, 6) is 0. The van der Waals surface area contributed by atoms with Gasteiger partial charge in [0.2, 0.25) is 6.29 Å². The largest absolute Gasteiger partial charge is 0.428 e. The molecule has 1 radical (unpaired) electrons. The first-order chi connectivity index (χ1) is 3.81. The number of aliphatic hydroxyl groups excluding tert-OH is 1. The molecule has 1 N–H and O–H groups in total. The van der Waals surface area contributed by atoms with Crippen molar-refractivity contribution in [2.75, 3.05) is 0 Å². The minimum absolute atomic E-state index is 0.481. The molecule has 47 valence electrons. The predicted molar refractivity (Wildman–Crippen MR) is 27.7 cm³/mol. The van der Waals surface area contributed by atoms with Crippen LogP contribution in [0.15, 0.2) is 0 Å². The smallest absolute Gasteiger partial charge is 0.419 e. The van der Waals surface area contributed by atoms with Crippen LogP contribution in [0.2, 0.25) is 0 Å². The van der Waals surface area contributed by atoms with Crippen LogP contribution in [-0.2, 0) is 9.53 Å². The molecule has 1 atom stereocenters. The monoisotopic (exact) mass is 117 g/mol. The second kappa shape index (κ2) is 4.59. The molecule has 0 aromatic carbocycles. The van der Waals surface area contributed by atoms with Gasteiger partial charge in [0.25, 0.3) is 0 Å². The van der Waals surface area contributed by atoms with Crippen molar-refractivity contribution in [3.05, 3.63) is 0 Å². The highest BCUT2D eigenvalue weighted by atomic mass is 16.6. The molecule has 0 amide bonds. The van der Waals surface area contributed by atoms with E-state index in [1.165, 1.54) is 0 Å². The quantitative estimate of drug-likeness (QED) is 0.534. The van der Waals surface area contributed by atoms with Crippen molar-refractivity contribution >= 4 is 6.47 Å². The Morgan fingerprint density at radius 3 is 2.88 bits per heavy atom. The molecule has 0 rings (SSSR count). The van der Waals surface area contributed by atoms with Crippen LogP contribution in [0.1, 0.15) is 19.8 Å². The van der Waals surface area contributed by atoms with Crippen LogP contribution in [0, 0.1) is 0 Å². The molecule has 1 unspecified atom stereocenters. The van der Waals surface area contributed by atoms with Crippen LogP contribution in [0.4, 0.5) is 0 Å². The van der Waals surface area contributed by atoms with Gasteiger partial charge in [-0.15, -0.1) is 0 Å². The molecule has 0 aromatic rings. The summed E-state index contributed by atoms with van der Waals surface area (Å²) in [5, 5.41) is 8.56. The minimum atomic E-state index is -0.961. The molecule has 0 bridgehead atoms. The molecule has 0 saturated heterocycles. The number of hydrogen-bond acceptors (Lipinski definition) is 3. The molecule has 0 fully saturated rings. The van der Waals surface area contributed by atoms with Gasteiger partial charge in [-0.25, -0.2) is 4.79 Å². The Kier molecular flexibility index (Phi) is 4.26. The number of rotatable bonds is 4. The molecule has 8 heavy (non-hydrogen) atoms. The number of hydrogen-bond donors (Lipinski definition) is 1. The highest BCUT2D eigenvalue weighted by Gasteiger charge is 1.99. The molecular formula is C5H9O3. The lowest BCUT2D eigenvalue weighted by molar-refractivity contribution is -0.0349. The van der Waals surface area contributed by atoms with E-state index in [-0.39, 0.29) is 0 Å². The van der Waals surface area contributed by atoms with Crippen molar-refractivity contribution in [3.63, 3.8) is 0 Å². The van der Waals surface area contributed by atoms with Gasteiger partial charge in [-0.2, -0.15) is 0 Å². The first-order valence-corrected chi connectivity index (χ1v) is 2.52. The van der Waals surface area contributed by atoms with Crippen molar-refractivity contribution in [2.24, 2.45) is 0 Å². The Morgan fingerprint density at radius 2 is 2.50 bits per heavy atom. The Bertz CT molecular complexity index is 62.7. The van der Waals surface area contributed by atoms with Crippen LogP contribution in [0.25, 0.3) is 0 Å². The first-order valence-electron chi connectivity index (χ1n) is 2.52. The maximum absolute atomic E-state index is 9.38. The van der Waals surface area contributed by atoms with Gasteiger partial charge in [0, 0.05) is 6.42 Å². The molecule has 3 heteroatoms. The van der Waals surface area contributed by atoms with Gasteiger partial charge in [0.05, 0.1) is 0 Å². The predicted octanol–water partition coefficient (Wildman–Crippen LogP) is 0.189. The van der Waals surface area contributed by atoms with E-state index in [0.717, 1.165) is 12.9 Å². The second-order valence-electron chi connectivity index (χ2n) is 1.44. The summed E-state index contributed by atoms with van der Waals surface area (Å²) in [6, 6.07) is 0. The third kappa shape index (κ3) is 3.61. The van der Waals surface area contributed by atoms with Crippen molar-refractivity contribution in [1.82, 2.24) is 0 Å². The fraction of sp³-hybridized carbons (Fsp3) is 0.800. The number of carbonyl (C=O) groups excluding carboxylic acids is 1. The summed E-state index contributed by atoms with van der Waals surface area (Å²) in [4.78, 5) is 9.38. The lowest BCUT2D eigenvalue weighted by atomic mass is 10.3. The van der Waals surface area contributed by atoms with E-state index in [4.69, 9.17) is 5.11 Å². The molecule has 0 aliphatic carbocycles. The summed E-state index contributed by atoms with van der Waals surface area (Å²) in [6.07, 6.45) is 0.315. The van der Waals surface area contributed by atoms with Gasteiger partial charge >= 0.3 is 6.47 Å². The zero-order chi connectivity index (χ0) is 6.41. The Balaban J connectivity index is 3.03. The van der Waals surface area contributed by atoms with Gasteiger partial charge in [-0.05, 0) is 0 Å². The molecular weight excluding hydrogens is 108 g/mol. The molecule has 0 aliphatic heterocycles. The van der Waals surface area contributed by atoms with Crippen LogP contribution >= 0.6 is 0 Å². The maximum atomic E-state index is 9.38. The van der Waals surface area contributed by atoms with Crippen molar-refractivity contribution in [1.29, 1.82) is 0 Å². The maximum Gasteiger partial charge on any atom is 0.419 e. The molecule has 0 heterocycles. The minimum Gasteiger partial charge on any atom is -0.428 e. The summed E-state index contributed by atoms with van der Waals surface area (Å²) in [5.41, 5.74) is 0. The molecule has 0 aliphatic rings. The van der Waals surface area contributed by atoms with E-state index in [0.29, 0.717) is 6.42 Å². The SMILES string of the molecule is CCCC(O)O[C]=O. The van der Waals surface area contributed by atoms with Gasteiger partial charge in [-0.3, -0.25) is 0 Å². The first kappa shape index (κ1) is 7.43. The van der Waals surface area contributed by atoms with E-state index >= 15 is 0 Å². The van der Waals surface area contributed by atoms with E-state index in [1.807, 2.05) is 6.92 Å². The zero-order valence-corrected chi connectivity index (χ0v) is 4.76. The van der Waals surface area contributed by atoms with Gasteiger partial charge in [0.1, 0.15) is 0 Å². The zero-order valence-electron chi connectivity index (χ0n) is 4.76. The lowest BCUT2D eigenvalue weighted by Crippen LogP contribution is -2.09. The van der Waals surface area contributed by atoms with Crippen molar-refractivity contribution < 1.29 is 14.6 Å². The van der Waals surface area contributed by atoms with Crippen molar-refractivity contribution in [3.8, 4) is 0 Å². The highest BCUT2D eigenvalue weighted by molar-refractivity contribution is 5.38. The van der Waals surface area contributed by atoms with E-state index in [9.17, 15) is 4.79 Å². The lowest BCUT2D eigenvalue weighted by Gasteiger charge is -2.02. The summed E-state index contributed by atoms with van der Waals surface area (Å²) in [7, 11) is 0. The third-order valence-electron chi connectivity index (χ3n) is 0.720. The summed E-state index contributed by atoms with van der Waals surface area (Å²) < 4.78 is 4.03. The molecule has 0 saturated carbocycles. The fourth-order valence-corrected chi connectivity index (χ4v) is 0.361. The topological polar surface area (TPSA) is 46.5 Å². The Hall–Kier alpha value is -0.570. The third-order valence-corrected chi connectivity index (χ3v) is 0.720. The highest BCUT2D eigenvalue weighted by Crippen LogP contribution is 1.94. The molecule has 0 aromatic heterocycles. The fourth-order valence-electron chi connectivity index (χ4n) is 0.361. The van der Waals surface area contributed by atoms with Crippen LogP contribution in [0.3, 0.4) is 0 Å². The van der Waals surface area contributed by atoms with Gasteiger partial charge < -0.3 is 9.84 Å². The van der Waals surface area contributed by atoms with Crippen LogP contribution < -0.4 is 0 Å². The van der Waals surface area contributed by atoms with Gasteiger partial charge in [-0.1, -0.05) is 13.3 Å². The van der Waals surface area contributed by atoms with E-state index < -0.39 is 6.29 Å². The number of ether oxygens (including phenoxy) is 1. The average molecular weight is 117 g/mol. The van der Waals surface area contributed by atoms with E-state index in [2.05, 4.69) is 4.74 Å². The standard InChI is InChI=1S/C5H9O3/c1-2-3-5(7)8-4-6/h5,7H,2-3H2,1H3.